The second kappa shape index (κ2) is 7.34. The fourth-order valence-electron chi connectivity index (χ4n) is 2.88. The van der Waals surface area contributed by atoms with Crippen molar-refractivity contribution in [3.8, 4) is 0 Å². The van der Waals surface area contributed by atoms with Gasteiger partial charge in [0, 0.05) is 19.2 Å². The van der Waals surface area contributed by atoms with E-state index >= 15 is 0 Å². The van der Waals surface area contributed by atoms with Gasteiger partial charge in [-0.1, -0.05) is 11.6 Å². The van der Waals surface area contributed by atoms with Gasteiger partial charge >= 0.3 is 11.7 Å². The Hall–Kier alpha value is -1.89. The van der Waals surface area contributed by atoms with E-state index in [9.17, 15) is 14.9 Å². The Morgan fingerprint density at radius 2 is 2.25 bits per heavy atom. The highest BCUT2D eigenvalue weighted by molar-refractivity contribution is 6.29. The smallest absolute Gasteiger partial charge is 0.310 e. The number of piperidine rings is 1. The minimum absolute atomic E-state index is 0.0719. The zero-order chi connectivity index (χ0) is 17.9. The van der Waals surface area contributed by atoms with Gasteiger partial charge in [0.1, 0.15) is 22.6 Å². The van der Waals surface area contributed by atoms with E-state index in [4.69, 9.17) is 16.3 Å². The maximum absolute atomic E-state index is 12.0. The quantitative estimate of drug-likeness (QED) is 0.355. The third kappa shape index (κ3) is 5.06. The summed E-state index contributed by atoms with van der Waals surface area (Å²) in [6.07, 6.45) is 3.22. The zero-order valence-corrected chi connectivity index (χ0v) is 14.9. The summed E-state index contributed by atoms with van der Waals surface area (Å²) < 4.78 is 5.37. The fourth-order valence-corrected chi connectivity index (χ4v) is 3.03. The van der Waals surface area contributed by atoms with Gasteiger partial charge in [-0.25, -0.2) is 4.98 Å². The lowest BCUT2D eigenvalue weighted by Crippen LogP contribution is -2.37. The van der Waals surface area contributed by atoms with Crippen molar-refractivity contribution < 1.29 is 14.5 Å². The normalized spacial score (nSPS) is 18.3. The zero-order valence-electron chi connectivity index (χ0n) is 14.1. The number of carbonyl (C=O) groups is 1. The number of esters is 1. The average Bonchev–Trinajstić information content (AvgIpc) is 2.45. The SMILES string of the molecule is CC(C)(C)OC(=O)C[C@H]1CCCN(c2cc(Cl)ncc2[N+](=O)[O-])C1. The van der Waals surface area contributed by atoms with Gasteiger partial charge in [0.2, 0.25) is 0 Å². The van der Waals surface area contributed by atoms with Gasteiger partial charge in [0.05, 0.1) is 11.3 Å². The molecule has 0 spiro atoms. The summed E-state index contributed by atoms with van der Waals surface area (Å²) in [5, 5.41) is 11.4. The van der Waals surface area contributed by atoms with E-state index in [1.807, 2.05) is 25.7 Å². The highest BCUT2D eigenvalue weighted by Crippen LogP contribution is 2.33. The second-order valence-corrected chi connectivity index (χ2v) is 7.38. The molecule has 0 bridgehead atoms. The van der Waals surface area contributed by atoms with Crippen LogP contribution in [-0.2, 0) is 9.53 Å². The molecule has 1 aliphatic heterocycles. The molecule has 1 aromatic rings. The van der Waals surface area contributed by atoms with E-state index in [0.717, 1.165) is 12.8 Å². The van der Waals surface area contributed by atoms with Crippen molar-refractivity contribution in [3.63, 3.8) is 0 Å². The van der Waals surface area contributed by atoms with Crippen LogP contribution in [0.1, 0.15) is 40.0 Å². The number of nitro groups is 1. The molecule has 2 heterocycles. The molecule has 0 aliphatic carbocycles. The lowest BCUT2D eigenvalue weighted by molar-refractivity contribution is -0.384. The molecule has 0 aromatic carbocycles. The summed E-state index contributed by atoms with van der Waals surface area (Å²) in [5.74, 6) is -0.142. The summed E-state index contributed by atoms with van der Waals surface area (Å²) in [6, 6.07) is 1.51. The minimum atomic E-state index is -0.511. The molecule has 7 nitrogen and oxygen atoms in total. The van der Waals surface area contributed by atoms with Crippen molar-refractivity contribution in [2.45, 2.75) is 45.6 Å². The van der Waals surface area contributed by atoms with Crippen LogP contribution in [-0.4, -0.2) is 34.6 Å². The van der Waals surface area contributed by atoms with Crippen molar-refractivity contribution in [1.29, 1.82) is 0 Å². The number of nitrogens with zero attached hydrogens (tertiary/aromatic N) is 3. The van der Waals surface area contributed by atoms with Crippen LogP contribution in [0.15, 0.2) is 12.3 Å². The molecular formula is C16H22ClN3O4. The largest absolute Gasteiger partial charge is 0.460 e. The number of halogens is 1. The van der Waals surface area contributed by atoms with E-state index in [1.165, 1.54) is 12.3 Å². The number of pyridine rings is 1. The maximum atomic E-state index is 12.0. The standard InChI is InChI=1S/C16H22ClN3O4/c1-16(2,3)24-15(21)7-11-5-4-6-19(10-11)12-8-14(17)18-9-13(12)20(22)23/h8-9,11H,4-7,10H2,1-3H3/t11-/m1/s1. The van der Waals surface area contributed by atoms with Crippen molar-refractivity contribution in [1.82, 2.24) is 4.98 Å². The molecule has 0 saturated carbocycles. The van der Waals surface area contributed by atoms with E-state index in [-0.39, 0.29) is 22.7 Å². The molecule has 1 saturated heterocycles. The minimum Gasteiger partial charge on any atom is -0.460 e. The molecule has 1 aliphatic rings. The molecule has 0 radical (unpaired) electrons. The Kier molecular flexibility index (Phi) is 5.64. The van der Waals surface area contributed by atoms with Crippen LogP contribution in [0.5, 0.6) is 0 Å². The molecular weight excluding hydrogens is 334 g/mol. The molecule has 24 heavy (non-hydrogen) atoms. The summed E-state index contributed by atoms with van der Waals surface area (Å²) in [4.78, 5) is 28.5. The number of hydrogen-bond acceptors (Lipinski definition) is 6. The predicted octanol–water partition coefficient (Wildman–Crippen LogP) is 3.59. The van der Waals surface area contributed by atoms with Crippen LogP contribution < -0.4 is 4.90 Å². The Bertz CT molecular complexity index is 630. The molecule has 1 aromatic heterocycles. The van der Waals surface area contributed by atoms with E-state index in [1.54, 1.807) is 0 Å². The number of hydrogen-bond donors (Lipinski definition) is 0. The Morgan fingerprint density at radius 3 is 2.88 bits per heavy atom. The lowest BCUT2D eigenvalue weighted by atomic mass is 9.94. The highest BCUT2D eigenvalue weighted by Gasteiger charge is 2.28. The molecule has 132 valence electrons. The lowest BCUT2D eigenvalue weighted by Gasteiger charge is -2.34. The van der Waals surface area contributed by atoms with Crippen LogP contribution in [0.3, 0.4) is 0 Å². The number of carbonyl (C=O) groups excluding carboxylic acids is 1. The van der Waals surface area contributed by atoms with Crippen molar-refractivity contribution >= 4 is 28.9 Å². The molecule has 8 heteroatoms. The Morgan fingerprint density at radius 1 is 1.54 bits per heavy atom. The van der Waals surface area contributed by atoms with Crippen molar-refractivity contribution in [3.05, 3.63) is 27.5 Å². The van der Waals surface area contributed by atoms with Gasteiger partial charge in [-0.05, 0) is 39.5 Å². The number of ether oxygens (including phenoxy) is 1. The second-order valence-electron chi connectivity index (χ2n) is 7.00. The predicted molar refractivity (Wildman–Crippen MR) is 91.3 cm³/mol. The third-order valence-corrected chi connectivity index (χ3v) is 3.97. The van der Waals surface area contributed by atoms with Crippen LogP contribution >= 0.6 is 11.6 Å². The first-order valence-electron chi connectivity index (χ1n) is 7.92. The molecule has 1 fully saturated rings. The van der Waals surface area contributed by atoms with Gasteiger partial charge in [-0.3, -0.25) is 14.9 Å². The Balaban J connectivity index is 2.10. The van der Waals surface area contributed by atoms with Crippen LogP contribution in [0.2, 0.25) is 5.15 Å². The summed E-state index contributed by atoms with van der Waals surface area (Å²) >= 11 is 5.90. The van der Waals surface area contributed by atoms with Gasteiger partial charge in [0.15, 0.2) is 0 Å². The topological polar surface area (TPSA) is 85.6 Å². The average molecular weight is 356 g/mol. The van der Waals surface area contributed by atoms with Gasteiger partial charge in [0.25, 0.3) is 0 Å². The van der Waals surface area contributed by atoms with Crippen LogP contribution in [0.4, 0.5) is 11.4 Å². The maximum Gasteiger partial charge on any atom is 0.310 e. The number of anilines is 1. The highest BCUT2D eigenvalue weighted by atomic mass is 35.5. The van der Waals surface area contributed by atoms with E-state index in [2.05, 4.69) is 4.98 Å². The third-order valence-electron chi connectivity index (χ3n) is 3.76. The molecule has 1 atom stereocenters. The number of aromatic nitrogens is 1. The molecule has 2 rings (SSSR count). The van der Waals surface area contributed by atoms with Crippen molar-refractivity contribution in [2.75, 3.05) is 18.0 Å². The van der Waals surface area contributed by atoms with E-state index < -0.39 is 10.5 Å². The molecule has 0 amide bonds. The van der Waals surface area contributed by atoms with Gasteiger partial charge < -0.3 is 9.64 Å². The first-order chi connectivity index (χ1) is 11.2. The Labute approximate surface area is 146 Å². The molecule has 0 unspecified atom stereocenters. The monoisotopic (exact) mass is 355 g/mol. The van der Waals surface area contributed by atoms with Crippen LogP contribution in [0, 0.1) is 16.0 Å². The number of rotatable bonds is 4. The van der Waals surface area contributed by atoms with Gasteiger partial charge in [-0.15, -0.1) is 0 Å². The summed E-state index contributed by atoms with van der Waals surface area (Å²) in [5.41, 5.74) is -0.130. The first kappa shape index (κ1) is 18.4. The van der Waals surface area contributed by atoms with Crippen LogP contribution in [0.25, 0.3) is 0 Å². The summed E-state index contributed by atoms with van der Waals surface area (Å²) in [6.45, 7) is 6.74. The fraction of sp³-hybridized carbons (Fsp3) is 0.625. The summed E-state index contributed by atoms with van der Waals surface area (Å²) in [7, 11) is 0. The molecule has 0 N–H and O–H groups in total. The van der Waals surface area contributed by atoms with Crippen molar-refractivity contribution in [2.24, 2.45) is 5.92 Å². The van der Waals surface area contributed by atoms with Gasteiger partial charge in [-0.2, -0.15) is 0 Å². The van der Waals surface area contributed by atoms with E-state index in [0.29, 0.717) is 25.2 Å². The first-order valence-corrected chi connectivity index (χ1v) is 8.30.